The molecule has 0 unspecified atom stereocenters. The molecule has 1 aliphatic rings. The average Bonchev–Trinajstić information content (AvgIpc) is 3.33. The van der Waals surface area contributed by atoms with Crippen LogP contribution in [0.25, 0.3) is 10.2 Å². The number of phenols is 1. The summed E-state index contributed by atoms with van der Waals surface area (Å²) in [6.45, 7) is 0.529. The first-order valence-electron chi connectivity index (χ1n) is 7.90. The Hall–Kier alpha value is -2.60. The third kappa shape index (κ3) is 3.19. The number of urea groups is 1. The minimum atomic E-state index is -0.121. The maximum atomic E-state index is 12.7. The third-order valence-corrected chi connectivity index (χ3v) is 5.00. The molecule has 2 amide bonds. The van der Waals surface area contributed by atoms with Crippen LogP contribution in [0.15, 0.2) is 48.5 Å². The number of benzene rings is 2. The van der Waals surface area contributed by atoms with Gasteiger partial charge in [-0.3, -0.25) is 5.32 Å². The summed E-state index contributed by atoms with van der Waals surface area (Å²) in [5.74, 6) is 0.232. The van der Waals surface area contributed by atoms with Crippen molar-refractivity contribution in [1.82, 2.24) is 9.88 Å². The van der Waals surface area contributed by atoms with Gasteiger partial charge >= 0.3 is 6.03 Å². The van der Waals surface area contributed by atoms with Gasteiger partial charge in [0.05, 0.1) is 10.2 Å². The fourth-order valence-corrected chi connectivity index (χ4v) is 3.50. The number of carbonyl (C=O) groups is 1. The van der Waals surface area contributed by atoms with E-state index in [4.69, 9.17) is 0 Å². The van der Waals surface area contributed by atoms with Gasteiger partial charge in [0, 0.05) is 12.6 Å². The van der Waals surface area contributed by atoms with Gasteiger partial charge in [-0.15, -0.1) is 0 Å². The first-order chi connectivity index (χ1) is 11.7. The van der Waals surface area contributed by atoms with Crippen LogP contribution < -0.4 is 5.32 Å². The number of aromatic nitrogens is 1. The van der Waals surface area contributed by atoms with Crippen LogP contribution in [0.1, 0.15) is 18.4 Å². The van der Waals surface area contributed by atoms with Crippen LogP contribution in [0.3, 0.4) is 0 Å². The van der Waals surface area contributed by atoms with E-state index in [2.05, 4.69) is 10.3 Å². The van der Waals surface area contributed by atoms with Gasteiger partial charge in [-0.2, -0.15) is 0 Å². The molecule has 0 saturated heterocycles. The molecule has 1 saturated carbocycles. The maximum Gasteiger partial charge on any atom is 0.324 e. The predicted octanol–water partition coefficient (Wildman–Crippen LogP) is 4.20. The summed E-state index contributed by atoms with van der Waals surface area (Å²) in [5.41, 5.74) is 1.90. The lowest BCUT2D eigenvalue weighted by atomic mass is 10.2. The first kappa shape index (κ1) is 15.0. The zero-order chi connectivity index (χ0) is 16.5. The van der Waals surface area contributed by atoms with Crippen LogP contribution in [0.5, 0.6) is 5.75 Å². The molecule has 1 heterocycles. The molecule has 0 spiro atoms. The number of hydrogen-bond acceptors (Lipinski definition) is 4. The monoisotopic (exact) mass is 339 g/mol. The van der Waals surface area contributed by atoms with Crippen LogP contribution in [-0.2, 0) is 6.54 Å². The lowest BCUT2D eigenvalue weighted by Crippen LogP contribution is -2.36. The number of aromatic hydroxyl groups is 1. The normalized spacial score (nSPS) is 13.8. The van der Waals surface area contributed by atoms with Crippen LogP contribution in [-0.4, -0.2) is 27.1 Å². The van der Waals surface area contributed by atoms with Crippen molar-refractivity contribution in [3.05, 3.63) is 54.1 Å². The van der Waals surface area contributed by atoms with Crippen LogP contribution >= 0.6 is 11.3 Å². The van der Waals surface area contributed by atoms with Crippen molar-refractivity contribution in [3.63, 3.8) is 0 Å². The fraction of sp³-hybridized carbons (Fsp3) is 0.222. The van der Waals surface area contributed by atoms with Gasteiger partial charge in [0.2, 0.25) is 0 Å². The summed E-state index contributed by atoms with van der Waals surface area (Å²) >= 11 is 1.48. The molecule has 0 aliphatic heterocycles. The van der Waals surface area contributed by atoms with Crippen molar-refractivity contribution < 1.29 is 9.90 Å². The number of anilines is 1. The Labute approximate surface area is 143 Å². The number of nitrogens with one attached hydrogen (secondary N) is 1. The van der Waals surface area contributed by atoms with E-state index in [1.807, 2.05) is 41.3 Å². The largest absolute Gasteiger partial charge is 0.508 e. The van der Waals surface area contributed by atoms with Crippen LogP contribution in [0.4, 0.5) is 9.93 Å². The number of carbonyl (C=O) groups excluding carboxylic acids is 1. The van der Waals surface area contributed by atoms with E-state index in [0.717, 1.165) is 28.6 Å². The van der Waals surface area contributed by atoms with E-state index in [9.17, 15) is 9.90 Å². The van der Waals surface area contributed by atoms with Gasteiger partial charge in [-0.05, 0) is 42.7 Å². The molecule has 4 rings (SSSR count). The molecule has 1 fully saturated rings. The van der Waals surface area contributed by atoms with Gasteiger partial charge in [-0.25, -0.2) is 9.78 Å². The molecular weight excluding hydrogens is 322 g/mol. The molecule has 6 heteroatoms. The van der Waals surface area contributed by atoms with Gasteiger partial charge < -0.3 is 10.0 Å². The van der Waals surface area contributed by atoms with Gasteiger partial charge in [0.1, 0.15) is 5.75 Å². The second kappa shape index (κ2) is 6.13. The lowest BCUT2D eigenvalue weighted by molar-refractivity contribution is 0.206. The highest BCUT2D eigenvalue weighted by molar-refractivity contribution is 7.22. The van der Waals surface area contributed by atoms with Crippen molar-refractivity contribution in [3.8, 4) is 5.75 Å². The summed E-state index contributed by atoms with van der Waals surface area (Å²) in [4.78, 5) is 19.0. The Morgan fingerprint density at radius 1 is 1.21 bits per heavy atom. The molecular formula is C18H17N3O2S. The number of rotatable bonds is 4. The quantitative estimate of drug-likeness (QED) is 0.749. The summed E-state index contributed by atoms with van der Waals surface area (Å²) in [7, 11) is 0. The number of para-hydroxylation sites is 1. The van der Waals surface area contributed by atoms with E-state index >= 15 is 0 Å². The predicted molar refractivity (Wildman–Crippen MR) is 95.3 cm³/mol. The lowest BCUT2D eigenvalue weighted by Gasteiger charge is -2.22. The first-order valence-corrected chi connectivity index (χ1v) is 8.72. The van der Waals surface area contributed by atoms with Crippen molar-refractivity contribution in [2.75, 3.05) is 5.32 Å². The Balaban J connectivity index is 1.50. The molecule has 1 aliphatic carbocycles. The Morgan fingerprint density at radius 3 is 2.67 bits per heavy atom. The summed E-state index contributed by atoms with van der Waals surface area (Å²) in [6.07, 6.45) is 2.07. The van der Waals surface area contributed by atoms with Crippen LogP contribution in [0.2, 0.25) is 0 Å². The molecule has 0 bridgehead atoms. The van der Waals surface area contributed by atoms with E-state index in [1.54, 1.807) is 12.1 Å². The second-order valence-electron chi connectivity index (χ2n) is 5.94. The average molecular weight is 339 g/mol. The number of amides is 2. The number of fused-ring (bicyclic) bond motifs is 1. The number of hydrogen-bond donors (Lipinski definition) is 2. The molecule has 122 valence electrons. The van der Waals surface area contributed by atoms with E-state index in [1.165, 1.54) is 11.3 Å². The van der Waals surface area contributed by atoms with E-state index in [-0.39, 0.29) is 17.8 Å². The zero-order valence-corrected chi connectivity index (χ0v) is 13.8. The molecule has 24 heavy (non-hydrogen) atoms. The maximum absolute atomic E-state index is 12.7. The smallest absolute Gasteiger partial charge is 0.324 e. The molecule has 5 nitrogen and oxygen atoms in total. The highest BCUT2D eigenvalue weighted by Gasteiger charge is 2.33. The number of nitrogens with zero attached hydrogens (tertiary/aromatic N) is 2. The molecule has 1 aromatic heterocycles. The number of phenolic OH excluding ortho intramolecular Hbond substituents is 1. The fourth-order valence-electron chi connectivity index (χ4n) is 2.64. The van der Waals surface area contributed by atoms with Crippen LogP contribution in [0, 0.1) is 0 Å². The summed E-state index contributed by atoms with van der Waals surface area (Å²) < 4.78 is 1.06. The zero-order valence-electron chi connectivity index (χ0n) is 13.0. The van der Waals surface area contributed by atoms with Crippen molar-refractivity contribution in [1.29, 1.82) is 0 Å². The Morgan fingerprint density at radius 2 is 1.96 bits per heavy atom. The molecule has 2 N–H and O–H groups in total. The van der Waals surface area contributed by atoms with E-state index in [0.29, 0.717) is 11.7 Å². The van der Waals surface area contributed by atoms with Gasteiger partial charge in [0.25, 0.3) is 0 Å². The summed E-state index contributed by atoms with van der Waals surface area (Å²) in [6, 6.07) is 15.0. The van der Waals surface area contributed by atoms with Crippen molar-refractivity contribution in [2.45, 2.75) is 25.4 Å². The van der Waals surface area contributed by atoms with Crippen molar-refractivity contribution in [2.24, 2.45) is 0 Å². The molecule has 3 aromatic rings. The second-order valence-corrected chi connectivity index (χ2v) is 6.97. The Bertz CT molecular complexity index is 838. The minimum absolute atomic E-state index is 0.121. The molecule has 0 radical (unpaired) electrons. The van der Waals surface area contributed by atoms with Gasteiger partial charge in [0.15, 0.2) is 5.13 Å². The minimum Gasteiger partial charge on any atom is -0.508 e. The van der Waals surface area contributed by atoms with Gasteiger partial charge in [-0.1, -0.05) is 35.6 Å². The van der Waals surface area contributed by atoms with E-state index < -0.39 is 0 Å². The highest BCUT2D eigenvalue weighted by Crippen LogP contribution is 2.31. The third-order valence-electron chi connectivity index (χ3n) is 4.05. The number of thiazole rings is 1. The highest BCUT2D eigenvalue weighted by atomic mass is 32.1. The Kier molecular flexibility index (Phi) is 3.82. The molecule has 0 atom stereocenters. The topological polar surface area (TPSA) is 65.5 Å². The standard InChI is InChI=1S/C18H17N3O2S/c22-14-9-5-12(6-10-14)11-21(13-7-8-13)18(23)20-17-19-15-3-1-2-4-16(15)24-17/h1-6,9-10,13,22H,7-8,11H2,(H,19,20,23). The van der Waals surface area contributed by atoms with Crippen molar-refractivity contribution >= 4 is 32.7 Å². The SMILES string of the molecule is O=C(Nc1nc2ccccc2s1)N(Cc1ccc(O)cc1)C1CC1. The summed E-state index contributed by atoms with van der Waals surface area (Å²) in [5, 5.41) is 12.9. The molecule has 2 aromatic carbocycles.